The van der Waals surface area contributed by atoms with Crippen molar-refractivity contribution in [2.45, 2.75) is 26.2 Å². The summed E-state index contributed by atoms with van der Waals surface area (Å²) >= 11 is 5.88. The molecule has 0 bridgehead atoms. The quantitative estimate of drug-likeness (QED) is 0.791. The van der Waals surface area contributed by atoms with Crippen LogP contribution in [0.1, 0.15) is 24.8 Å². The topological polar surface area (TPSA) is 29.1 Å². The Bertz CT molecular complexity index is 454. The molecule has 3 heteroatoms. The predicted molar refractivity (Wildman–Crippen MR) is 71.3 cm³/mol. The van der Waals surface area contributed by atoms with Gasteiger partial charge >= 0.3 is 0 Å². The Morgan fingerprint density at radius 3 is 2.88 bits per heavy atom. The van der Waals surface area contributed by atoms with Gasteiger partial charge in [0.2, 0.25) is 5.91 Å². The third kappa shape index (κ3) is 3.10. The number of allylic oxidation sites excluding steroid dienone is 2. The van der Waals surface area contributed by atoms with E-state index in [-0.39, 0.29) is 11.8 Å². The van der Waals surface area contributed by atoms with E-state index >= 15 is 0 Å². The van der Waals surface area contributed by atoms with Crippen LogP contribution in [-0.4, -0.2) is 5.91 Å². The minimum absolute atomic E-state index is 0.107. The van der Waals surface area contributed by atoms with Crippen molar-refractivity contribution < 1.29 is 4.79 Å². The van der Waals surface area contributed by atoms with E-state index in [1.165, 1.54) is 0 Å². The first-order chi connectivity index (χ1) is 8.16. The lowest BCUT2D eigenvalue weighted by Gasteiger charge is -2.18. The first kappa shape index (κ1) is 12.2. The molecule has 0 saturated heterocycles. The van der Waals surface area contributed by atoms with E-state index in [9.17, 15) is 4.79 Å². The van der Waals surface area contributed by atoms with Gasteiger partial charge in [0, 0.05) is 16.6 Å². The van der Waals surface area contributed by atoms with Crippen molar-refractivity contribution in [1.29, 1.82) is 0 Å². The van der Waals surface area contributed by atoms with Crippen LogP contribution in [-0.2, 0) is 4.79 Å². The number of halogens is 1. The van der Waals surface area contributed by atoms with E-state index in [4.69, 9.17) is 11.6 Å². The van der Waals surface area contributed by atoms with Crippen LogP contribution in [0.4, 0.5) is 5.69 Å². The lowest BCUT2D eigenvalue weighted by molar-refractivity contribution is -0.120. The molecule has 17 heavy (non-hydrogen) atoms. The molecule has 2 rings (SSSR count). The van der Waals surface area contributed by atoms with Crippen molar-refractivity contribution in [3.05, 3.63) is 40.9 Å². The molecule has 0 fully saturated rings. The smallest absolute Gasteiger partial charge is 0.227 e. The summed E-state index contributed by atoms with van der Waals surface area (Å²) in [5.74, 6) is 0.217. The summed E-state index contributed by atoms with van der Waals surface area (Å²) in [6.45, 7) is 1.95. The monoisotopic (exact) mass is 249 g/mol. The van der Waals surface area contributed by atoms with Crippen molar-refractivity contribution in [3.63, 3.8) is 0 Å². The number of carbonyl (C=O) groups excluding carboxylic acids is 1. The highest BCUT2D eigenvalue weighted by atomic mass is 35.5. The van der Waals surface area contributed by atoms with Crippen LogP contribution in [0.5, 0.6) is 0 Å². The van der Waals surface area contributed by atoms with Crippen molar-refractivity contribution in [2.24, 2.45) is 5.92 Å². The van der Waals surface area contributed by atoms with Crippen molar-refractivity contribution in [3.8, 4) is 0 Å². The molecular weight excluding hydrogens is 234 g/mol. The summed E-state index contributed by atoms with van der Waals surface area (Å²) in [6.07, 6.45) is 7.00. The first-order valence-electron chi connectivity index (χ1n) is 5.89. The van der Waals surface area contributed by atoms with Gasteiger partial charge in [0.25, 0.3) is 0 Å². The molecule has 0 aromatic heterocycles. The zero-order valence-corrected chi connectivity index (χ0v) is 10.6. The van der Waals surface area contributed by atoms with Crippen LogP contribution in [0.15, 0.2) is 30.4 Å². The molecule has 1 aromatic carbocycles. The largest absolute Gasteiger partial charge is 0.326 e. The number of hydrogen-bond acceptors (Lipinski definition) is 1. The number of aryl methyl sites for hydroxylation is 1. The first-order valence-corrected chi connectivity index (χ1v) is 6.26. The van der Waals surface area contributed by atoms with E-state index in [0.717, 1.165) is 30.5 Å². The summed E-state index contributed by atoms with van der Waals surface area (Å²) in [4.78, 5) is 12.0. The molecule has 1 aromatic rings. The van der Waals surface area contributed by atoms with Gasteiger partial charge in [-0.25, -0.2) is 0 Å². The van der Waals surface area contributed by atoms with E-state index < -0.39 is 0 Å². The average molecular weight is 250 g/mol. The van der Waals surface area contributed by atoms with Gasteiger partial charge in [0.15, 0.2) is 0 Å². The highest BCUT2D eigenvalue weighted by molar-refractivity contribution is 6.30. The van der Waals surface area contributed by atoms with Crippen LogP contribution in [0, 0.1) is 12.8 Å². The molecule has 0 heterocycles. The van der Waals surface area contributed by atoms with Crippen LogP contribution >= 0.6 is 11.6 Å². The predicted octanol–water partition coefficient (Wildman–Crippen LogP) is 3.94. The second-order valence-electron chi connectivity index (χ2n) is 4.43. The number of benzene rings is 1. The lowest BCUT2D eigenvalue weighted by Crippen LogP contribution is -2.23. The van der Waals surface area contributed by atoms with E-state index in [2.05, 4.69) is 17.5 Å². The maximum Gasteiger partial charge on any atom is 0.227 e. The molecule has 0 aliphatic heterocycles. The van der Waals surface area contributed by atoms with Gasteiger partial charge in [0.1, 0.15) is 0 Å². The molecule has 2 nitrogen and oxygen atoms in total. The van der Waals surface area contributed by atoms with Crippen molar-refractivity contribution in [2.75, 3.05) is 5.32 Å². The lowest BCUT2D eigenvalue weighted by atomic mass is 9.93. The highest BCUT2D eigenvalue weighted by Gasteiger charge is 2.19. The fraction of sp³-hybridized carbons (Fsp3) is 0.357. The molecule has 90 valence electrons. The Morgan fingerprint density at radius 2 is 2.24 bits per heavy atom. The average Bonchev–Trinajstić information content (AvgIpc) is 2.34. The van der Waals surface area contributed by atoms with Gasteiger partial charge in [-0.15, -0.1) is 0 Å². The zero-order chi connectivity index (χ0) is 12.3. The molecule has 0 radical (unpaired) electrons. The normalized spacial score (nSPS) is 19.1. The molecule has 1 N–H and O–H groups in total. The standard InChI is InChI=1S/C14H16ClNO/c1-10-9-12(15)7-8-13(10)16-14(17)11-5-3-2-4-6-11/h2-3,7-9,11H,4-6H2,1H3,(H,16,17)/t11-/m1/s1. The summed E-state index contributed by atoms with van der Waals surface area (Å²) in [5, 5.41) is 3.67. The van der Waals surface area contributed by atoms with Crippen LogP contribution in [0.3, 0.4) is 0 Å². The number of hydrogen-bond donors (Lipinski definition) is 1. The van der Waals surface area contributed by atoms with Gasteiger partial charge < -0.3 is 5.32 Å². The van der Waals surface area contributed by atoms with E-state index in [1.807, 2.05) is 19.1 Å². The summed E-state index contributed by atoms with van der Waals surface area (Å²) in [6, 6.07) is 5.51. The van der Waals surface area contributed by atoms with Gasteiger partial charge in [-0.3, -0.25) is 4.79 Å². The zero-order valence-electron chi connectivity index (χ0n) is 9.87. The molecule has 1 atom stereocenters. The van der Waals surface area contributed by atoms with E-state index in [0.29, 0.717) is 5.02 Å². The molecule has 1 amide bonds. The second kappa shape index (κ2) is 5.37. The van der Waals surface area contributed by atoms with Crippen LogP contribution < -0.4 is 5.32 Å². The maximum absolute atomic E-state index is 12.0. The number of rotatable bonds is 2. The molecule has 0 spiro atoms. The Balaban J connectivity index is 2.05. The van der Waals surface area contributed by atoms with Gasteiger partial charge in [0.05, 0.1) is 0 Å². The van der Waals surface area contributed by atoms with Crippen LogP contribution in [0.25, 0.3) is 0 Å². The number of anilines is 1. The summed E-state index contributed by atoms with van der Waals surface area (Å²) < 4.78 is 0. The van der Waals surface area contributed by atoms with E-state index in [1.54, 1.807) is 6.07 Å². The molecular formula is C14H16ClNO. The molecule has 0 saturated carbocycles. The maximum atomic E-state index is 12.0. The Hall–Kier alpha value is -1.28. The summed E-state index contributed by atoms with van der Waals surface area (Å²) in [5.41, 5.74) is 1.85. The third-order valence-corrected chi connectivity index (χ3v) is 3.32. The SMILES string of the molecule is Cc1cc(Cl)ccc1NC(=O)[C@@H]1CC=CCC1. The second-order valence-corrected chi connectivity index (χ2v) is 4.87. The van der Waals surface area contributed by atoms with Gasteiger partial charge in [-0.05, 0) is 49.9 Å². The van der Waals surface area contributed by atoms with Gasteiger partial charge in [-0.1, -0.05) is 23.8 Å². The minimum Gasteiger partial charge on any atom is -0.326 e. The van der Waals surface area contributed by atoms with Crippen molar-refractivity contribution in [1.82, 2.24) is 0 Å². The third-order valence-electron chi connectivity index (χ3n) is 3.09. The number of carbonyl (C=O) groups is 1. The Kier molecular flexibility index (Phi) is 3.85. The van der Waals surface area contributed by atoms with Crippen molar-refractivity contribution >= 4 is 23.2 Å². The van der Waals surface area contributed by atoms with Gasteiger partial charge in [-0.2, -0.15) is 0 Å². The Labute approximate surface area is 107 Å². The Morgan fingerprint density at radius 1 is 1.41 bits per heavy atom. The molecule has 1 aliphatic rings. The minimum atomic E-state index is 0.107. The van der Waals surface area contributed by atoms with Crippen LogP contribution in [0.2, 0.25) is 5.02 Å². The number of amides is 1. The fourth-order valence-electron chi connectivity index (χ4n) is 2.03. The molecule has 1 aliphatic carbocycles. The number of nitrogens with one attached hydrogen (secondary N) is 1. The summed E-state index contributed by atoms with van der Waals surface area (Å²) in [7, 11) is 0. The fourth-order valence-corrected chi connectivity index (χ4v) is 2.26. The highest BCUT2D eigenvalue weighted by Crippen LogP contribution is 2.23. The molecule has 0 unspecified atom stereocenters.